The number of β-lactam (4-membered cyclic amide) rings is 1. The summed E-state index contributed by atoms with van der Waals surface area (Å²) >= 11 is 8.30. The number of rotatable bonds is 8. The summed E-state index contributed by atoms with van der Waals surface area (Å²) in [5.41, 5.74) is 0.159. The maximum atomic E-state index is 12.8. The molecule has 1 aromatic heterocycles. The van der Waals surface area contributed by atoms with Crippen molar-refractivity contribution in [2.75, 3.05) is 18.3 Å². The first-order valence-electron chi connectivity index (χ1n) is 9.21. The Bertz CT molecular complexity index is 797. The van der Waals surface area contributed by atoms with Crippen molar-refractivity contribution >= 4 is 63.3 Å². The van der Waals surface area contributed by atoms with Gasteiger partial charge in [0.25, 0.3) is 5.91 Å². The number of thiazole rings is 1. The lowest BCUT2D eigenvalue weighted by atomic mass is 10.0. The topological polar surface area (TPSA) is 122 Å². The molecule has 2 heterocycles. The van der Waals surface area contributed by atoms with Gasteiger partial charge in [-0.1, -0.05) is 24.4 Å². The molecule has 3 rings (SSSR count). The molecule has 1 aliphatic carbocycles. The van der Waals surface area contributed by atoms with Gasteiger partial charge in [-0.15, -0.1) is 34.7 Å². The van der Waals surface area contributed by atoms with Crippen LogP contribution in [0.25, 0.3) is 0 Å². The van der Waals surface area contributed by atoms with Crippen molar-refractivity contribution in [2.24, 2.45) is 5.16 Å². The Hall–Kier alpha value is -1.85. The molecule has 2 fully saturated rings. The minimum absolute atomic E-state index is 0.0729. The van der Waals surface area contributed by atoms with Crippen molar-refractivity contribution < 1.29 is 19.2 Å². The molecule has 1 saturated carbocycles. The molecule has 158 valence electrons. The lowest BCUT2D eigenvalue weighted by Crippen LogP contribution is -2.68. The molecule has 0 radical (unpaired) electrons. The van der Waals surface area contributed by atoms with Gasteiger partial charge in [0.1, 0.15) is 30.1 Å². The third-order valence-electron chi connectivity index (χ3n) is 4.56. The molecule has 1 aromatic rings. The summed E-state index contributed by atoms with van der Waals surface area (Å²) in [7, 11) is 1.31. The molecule has 29 heavy (non-hydrogen) atoms. The molecule has 2 atom stereocenters. The summed E-state index contributed by atoms with van der Waals surface area (Å²) in [4.78, 5) is 45.1. The molecule has 3 N–H and O–H groups in total. The molecule has 9 nitrogen and oxygen atoms in total. The highest BCUT2D eigenvalue weighted by atomic mass is 35.5. The molecular weight excluding hydrogens is 438 g/mol. The molecule has 3 amide bonds. The average Bonchev–Trinajstić information content (AvgIpc) is 3.18. The number of oxime groups is 1. The minimum Gasteiger partial charge on any atom is -0.398 e. The fourth-order valence-corrected chi connectivity index (χ4v) is 5.45. The minimum atomic E-state index is -0.634. The van der Waals surface area contributed by atoms with Crippen molar-refractivity contribution in [3.8, 4) is 0 Å². The molecular formula is C17H22ClN5O4S2. The zero-order valence-electron chi connectivity index (χ0n) is 15.8. The van der Waals surface area contributed by atoms with E-state index in [0.717, 1.165) is 24.2 Å². The van der Waals surface area contributed by atoms with Crippen LogP contribution in [0.5, 0.6) is 0 Å². The zero-order valence-corrected chi connectivity index (χ0v) is 18.2. The number of hydrogen-bond donors (Lipinski definition) is 3. The maximum absolute atomic E-state index is 12.8. The second-order valence-corrected chi connectivity index (χ2v) is 9.19. The van der Waals surface area contributed by atoms with Crippen molar-refractivity contribution in [2.45, 2.75) is 48.8 Å². The van der Waals surface area contributed by atoms with E-state index in [9.17, 15) is 14.4 Å². The van der Waals surface area contributed by atoms with Crippen LogP contribution in [0.4, 0.5) is 5.13 Å². The van der Waals surface area contributed by atoms with E-state index in [1.165, 1.54) is 26.4 Å². The Labute approximate surface area is 181 Å². The second kappa shape index (κ2) is 10.3. The molecule has 1 saturated heterocycles. The smallest absolute Gasteiger partial charge is 0.276 e. The summed E-state index contributed by atoms with van der Waals surface area (Å²) in [6.45, 7) is 0. The number of hydrogen-bond acceptors (Lipinski definition) is 8. The summed E-state index contributed by atoms with van der Waals surface area (Å²) in [5, 5.41) is 14.0. The van der Waals surface area contributed by atoms with E-state index in [0.29, 0.717) is 5.25 Å². The average molecular weight is 460 g/mol. The number of carbonyl (C=O) groups is 3. The van der Waals surface area contributed by atoms with Crippen LogP contribution in [-0.2, 0) is 19.2 Å². The van der Waals surface area contributed by atoms with Gasteiger partial charge < -0.3 is 20.8 Å². The number of nitrogens with one attached hydrogen (secondary N) is 3. The Morgan fingerprint density at radius 1 is 1.41 bits per heavy atom. The van der Waals surface area contributed by atoms with Gasteiger partial charge in [0, 0.05) is 10.6 Å². The molecule has 12 heteroatoms. The van der Waals surface area contributed by atoms with Crippen LogP contribution in [-0.4, -0.2) is 58.1 Å². The number of halogens is 1. The van der Waals surface area contributed by atoms with Gasteiger partial charge in [-0.3, -0.25) is 14.4 Å². The second-order valence-electron chi connectivity index (χ2n) is 6.62. The fraction of sp³-hybridized carbons (Fsp3) is 0.588. The van der Waals surface area contributed by atoms with Crippen LogP contribution in [0, 0.1) is 0 Å². The highest BCUT2D eigenvalue weighted by molar-refractivity contribution is 8.00. The number of carbonyl (C=O) groups excluding carboxylic acids is 3. The predicted octanol–water partition coefficient (Wildman–Crippen LogP) is 1.68. The SMILES string of the molecule is CO/N=C(\C(=O)N[C@@H]1C(=O)N[C@@H]1SC1CCCCC1)c1csc(NC(=O)CCl)n1. The number of amides is 3. The predicted molar refractivity (Wildman–Crippen MR) is 113 cm³/mol. The Morgan fingerprint density at radius 3 is 2.83 bits per heavy atom. The van der Waals surface area contributed by atoms with E-state index < -0.39 is 17.9 Å². The van der Waals surface area contributed by atoms with Gasteiger partial charge in [-0.2, -0.15) is 0 Å². The molecule has 1 aliphatic heterocycles. The van der Waals surface area contributed by atoms with Crippen LogP contribution in [0.1, 0.15) is 37.8 Å². The number of thioether (sulfide) groups is 1. The Morgan fingerprint density at radius 2 is 2.17 bits per heavy atom. The first-order chi connectivity index (χ1) is 14.0. The fourth-order valence-electron chi connectivity index (χ4n) is 3.11. The Kier molecular flexibility index (Phi) is 7.73. The Balaban J connectivity index is 1.64. The van der Waals surface area contributed by atoms with Crippen molar-refractivity contribution in [3.63, 3.8) is 0 Å². The van der Waals surface area contributed by atoms with E-state index in [1.807, 2.05) is 0 Å². The summed E-state index contributed by atoms with van der Waals surface area (Å²) in [5.74, 6) is -1.40. The summed E-state index contributed by atoms with van der Waals surface area (Å²) in [6.07, 6.45) is 5.92. The monoisotopic (exact) mass is 459 g/mol. The van der Waals surface area contributed by atoms with Crippen LogP contribution in [0.3, 0.4) is 0 Å². The van der Waals surface area contributed by atoms with Crippen molar-refractivity contribution in [1.29, 1.82) is 0 Å². The number of anilines is 1. The van der Waals surface area contributed by atoms with Crippen LogP contribution in [0.15, 0.2) is 10.5 Å². The van der Waals surface area contributed by atoms with Crippen LogP contribution in [0.2, 0.25) is 0 Å². The highest BCUT2D eigenvalue weighted by Gasteiger charge is 2.43. The van der Waals surface area contributed by atoms with Crippen molar-refractivity contribution in [3.05, 3.63) is 11.1 Å². The summed E-state index contributed by atoms with van der Waals surface area (Å²) < 4.78 is 0. The normalized spacial score (nSPS) is 22.4. The van der Waals surface area contributed by atoms with Crippen LogP contribution < -0.4 is 16.0 Å². The van der Waals surface area contributed by atoms with E-state index in [2.05, 4.69) is 26.1 Å². The third kappa shape index (κ3) is 5.61. The van der Waals surface area contributed by atoms with E-state index in [1.54, 1.807) is 17.1 Å². The standard InChI is InChI=1S/C17H22ClN5O4S2/c1-27-23-12(10-8-28-17(19-10)20-11(24)7-18)14(25)21-13-15(26)22-16(13)29-9-5-3-2-4-6-9/h8-9,13,16H,2-7H2,1H3,(H,21,25)(H,22,26)(H,19,20,24)/b23-12-/t13-,16-/m1/s1. The first kappa shape index (κ1) is 21.8. The molecule has 2 aliphatic rings. The number of aromatic nitrogens is 1. The molecule has 0 aromatic carbocycles. The lowest BCUT2D eigenvalue weighted by Gasteiger charge is -2.39. The maximum Gasteiger partial charge on any atom is 0.276 e. The van der Waals surface area contributed by atoms with Gasteiger partial charge in [-0.05, 0) is 12.8 Å². The van der Waals surface area contributed by atoms with Gasteiger partial charge in [0.15, 0.2) is 10.8 Å². The summed E-state index contributed by atoms with van der Waals surface area (Å²) in [6, 6.07) is -0.634. The molecule has 0 bridgehead atoms. The van der Waals surface area contributed by atoms with Gasteiger partial charge in [0.2, 0.25) is 11.8 Å². The zero-order chi connectivity index (χ0) is 20.8. The number of nitrogens with zero attached hydrogens (tertiary/aromatic N) is 2. The first-order valence-corrected chi connectivity index (χ1v) is 11.6. The highest BCUT2D eigenvalue weighted by Crippen LogP contribution is 2.33. The van der Waals surface area contributed by atoms with Gasteiger partial charge in [-0.25, -0.2) is 4.98 Å². The van der Waals surface area contributed by atoms with Gasteiger partial charge >= 0.3 is 0 Å². The lowest BCUT2D eigenvalue weighted by molar-refractivity contribution is -0.132. The van der Waals surface area contributed by atoms with Crippen LogP contribution >= 0.6 is 34.7 Å². The quantitative estimate of drug-likeness (QED) is 0.235. The largest absolute Gasteiger partial charge is 0.398 e. The van der Waals surface area contributed by atoms with Gasteiger partial charge in [0.05, 0.1) is 0 Å². The van der Waals surface area contributed by atoms with E-state index >= 15 is 0 Å². The van der Waals surface area contributed by atoms with Crippen molar-refractivity contribution in [1.82, 2.24) is 15.6 Å². The van der Waals surface area contributed by atoms with E-state index in [4.69, 9.17) is 16.4 Å². The molecule has 0 unspecified atom stereocenters. The third-order valence-corrected chi connectivity index (χ3v) is 7.10. The molecule has 0 spiro atoms. The number of alkyl halides is 1. The van der Waals surface area contributed by atoms with E-state index in [-0.39, 0.29) is 33.7 Å².